The Hall–Kier alpha value is -6.72. The molecule has 238 valence electrons. The molecule has 9 aromatic rings. The molecule has 2 aliphatic rings. The molecule has 4 nitrogen and oxygen atoms in total. The van der Waals surface area contributed by atoms with Gasteiger partial charge in [-0.3, -0.25) is 0 Å². The molecule has 0 N–H and O–H groups in total. The highest BCUT2D eigenvalue weighted by Crippen LogP contribution is 2.44. The number of fused-ring (bicyclic) bond motifs is 8. The molecule has 51 heavy (non-hydrogen) atoms. The van der Waals surface area contributed by atoms with Crippen molar-refractivity contribution in [3.05, 3.63) is 176 Å². The van der Waals surface area contributed by atoms with E-state index in [9.17, 15) is 0 Å². The summed E-state index contributed by atoms with van der Waals surface area (Å²) in [4.78, 5) is 4.67. The Morgan fingerprint density at radius 2 is 1.20 bits per heavy atom. The molecule has 0 radical (unpaired) electrons. The maximum Gasteiger partial charge on any atom is 0.256 e. The first-order valence-corrected chi connectivity index (χ1v) is 17.4. The van der Waals surface area contributed by atoms with Crippen LogP contribution >= 0.6 is 0 Å². The highest BCUT2D eigenvalue weighted by molar-refractivity contribution is 6.99. The normalized spacial score (nSPS) is 12.8. The van der Waals surface area contributed by atoms with E-state index in [4.69, 9.17) is 9.15 Å². The van der Waals surface area contributed by atoms with E-state index in [1.54, 1.807) is 0 Å². The van der Waals surface area contributed by atoms with Crippen molar-refractivity contribution in [2.45, 2.75) is 0 Å². The number of para-hydroxylation sites is 3. The second kappa shape index (κ2) is 10.9. The second-order valence-electron chi connectivity index (χ2n) is 13.3. The van der Waals surface area contributed by atoms with Gasteiger partial charge in [-0.25, -0.2) is 0 Å². The lowest BCUT2D eigenvalue weighted by Crippen LogP contribution is -2.59. The summed E-state index contributed by atoms with van der Waals surface area (Å²) in [5.41, 5.74) is 11.9. The molecule has 0 fully saturated rings. The predicted octanol–water partition coefficient (Wildman–Crippen LogP) is 10.6. The van der Waals surface area contributed by atoms with Gasteiger partial charge in [0.1, 0.15) is 22.7 Å². The van der Waals surface area contributed by atoms with Gasteiger partial charge in [0.2, 0.25) is 0 Å². The fraction of sp³-hybridized carbons (Fsp3) is 0. The summed E-state index contributed by atoms with van der Waals surface area (Å²) in [7, 11) is 0. The van der Waals surface area contributed by atoms with Crippen LogP contribution in [0.5, 0.6) is 11.5 Å². The topological polar surface area (TPSA) is 28.9 Å². The summed E-state index contributed by atoms with van der Waals surface area (Å²) in [5.74, 6) is 1.76. The standard InChI is InChI=1S/C46H29BN2O2/c1-3-15-31(16-4-1)48(39-22-11-14-30-13-7-8-19-34(30)39)33-25-26-35-36-28-45-38(29-44(36)51-43(35)27-33)47-37-20-9-10-21-40(37)49(32-17-5-2-6-18-32)41-23-12-24-42(50-45)46(41)47/h1-29H. The van der Waals surface area contributed by atoms with Gasteiger partial charge in [0.25, 0.3) is 6.71 Å². The summed E-state index contributed by atoms with van der Waals surface area (Å²) in [6.07, 6.45) is 0. The van der Waals surface area contributed by atoms with Gasteiger partial charge in [0.05, 0.1) is 5.69 Å². The third-order valence-electron chi connectivity index (χ3n) is 10.5. The van der Waals surface area contributed by atoms with Crippen LogP contribution < -0.4 is 30.9 Å². The van der Waals surface area contributed by atoms with Crippen molar-refractivity contribution < 1.29 is 9.15 Å². The molecular weight excluding hydrogens is 623 g/mol. The summed E-state index contributed by atoms with van der Waals surface area (Å²) in [5, 5.41) is 4.49. The maximum absolute atomic E-state index is 6.79. The Balaban J connectivity index is 1.09. The third-order valence-corrected chi connectivity index (χ3v) is 10.5. The average Bonchev–Trinajstić information content (AvgIpc) is 3.54. The molecule has 0 saturated carbocycles. The van der Waals surface area contributed by atoms with Gasteiger partial charge in [-0.1, -0.05) is 97.1 Å². The first kappa shape index (κ1) is 28.2. The SMILES string of the molecule is c1ccc(N2c3ccccc3B3c4cc5oc6cc(N(c7ccccc7)c7cccc8ccccc78)ccc6c5cc4Oc4cccc2c43)cc1. The zero-order valence-corrected chi connectivity index (χ0v) is 27.5. The molecule has 11 rings (SSSR count). The molecule has 0 saturated heterocycles. The maximum atomic E-state index is 6.79. The van der Waals surface area contributed by atoms with Crippen molar-refractivity contribution >= 4 is 89.9 Å². The van der Waals surface area contributed by atoms with Crippen LogP contribution in [0.1, 0.15) is 0 Å². The van der Waals surface area contributed by atoms with Gasteiger partial charge >= 0.3 is 0 Å². The number of nitrogens with zero attached hydrogens (tertiary/aromatic N) is 2. The molecule has 8 aromatic carbocycles. The van der Waals surface area contributed by atoms with Crippen molar-refractivity contribution in [3.63, 3.8) is 0 Å². The molecule has 0 spiro atoms. The van der Waals surface area contributed by atoms with Crippen molar-refractivity contribution in [1.82, 2.24) is 0 Å². The first-order chi connectivity index (χ1) is 25.3. The monoisotopic (exact) mass is 652 g/mol. The quantitative estimate of drug-likeness (QED) is 0.177. The largest absolute Gasteiger partial charge is 0.458 e. The van der Waals surface area contributed by atoms with Crippen molar-refractivity contribution in [1.29, 1.82) is 0 Å². The Morgan fingerprint density at radius 1 is 0.471 bits per heavy atom. The molecule has 5 heteroatoms. The summed E-state index contributed by atoms with van der Waals surface area (Å²) < 4.78 is 13.6. The van der Waals surface area contributed by atoms with Crippen molar-refractivity contribution in [2.75, 3.05) is 9.80 Å². The predicted molar refractivity (Wildman–Crippen MR) is 212 cm³/mol. The molecule has 0 atom stereocenters. The molecular formula is C46H29BN2O2. The van der Waals surface area contributed by atoms with E-state index < -0.39 is 0 Å². The van der Waals surface area contributed by atoms with Gasteiger partial charge in [-0.2, -0.15) is 0 Å². The lowest BCUT2D eigenvalue weighted by Gasteiger charge is -2.39. The second-order valence-corrected chi connectivity index (χ2v) is 13.3. The van der Waals surface area contributed by atoms with E-state index in [-0.39, 0.29) is 6.71 Å². The van der Waals surface area contributed by atoms with Crippen LogP contribution in [0.15, 0.2) is 180 Å². The minimum Gasteiger partial charge on any atom is -0.458 e. The van der Waals surface area contributed by atoms with Crippen LogP contribution in [-0.4, -0.2) is 6.71 Å². The van der Waals surface area contributed by atoms with Gasteiger partial charge in [0, 0.05) is 50.7 Å². The van der Waals surface area contributed by atoms with Crippen LogP contribution in [0.25, 0.3) is 32.7 Å². The summed E-state index contributed by atoms with van der Waals surface area (Å²) >= 11 is 0. The zero-order chi connectivity index (χ0) is 33.5. The van der Waals surface area contributed by atoms with Crippen LogP contribution in [0.3, 0.4) is 0 Å². The number of rotatable bonds is 4. The molecule has 0 bridgehead atoms. The Bertz CT molecular complexity index is 2810. The number of benzene rings is 8. The van der Waals surface area contributed by atoms with E-state index >= 15 is 0 Å². The van der Waals surface area contributed by atoms with Crippen LogP contribution in [0, 0.1) is 0 Å². The lowest BCUT2D eigenvalue weighted by atomic mass is 9.34. The Kier molecular flexibility index (Phi) is 6.01. The molecule has 1 aromatic heterocycles. The first-order valence-electron chi connectivity index (χ1n) is 17.4. The van der Waals surface area contributed by atoms with E-state index in [0.29, 0.717) is 0 Å². The minimum atomic E-state index is 0.00391. The van der Waals surface area contributed by atoms with E-state index in [1.165, 1.54) is 27.4 Å². The zero-order valence-electron chi connectivity index (χ0n) is 27.5. The number of anilines is 6. The fourth-order valence-electron chi connectivity index (χ4n) is 8.29. The fourth-order valence-corrected chi connectivity index (χ4v) is 8.29. The van der Waals surface area contributed by atoms with E-state index in [2.05, 4.69) is 186 Å². The molecule has 3 heterocycles. The number of hydrogen-bond acceptors (Lipinski definition) is 4. The van der Waals surface area contributed by atoms with Crippen LogP contribution in [0.4, 0.5) is 34.1 Å². The van der Waals surface area contributed by atoms with Gasteiger partial charge in [0.15, 0.2) is 0 Å². The summed E-state index contributed by atoms with van der Waals surface area (Å²) in [6.45, 7) is 0.00391. The van der Waals surface area contributed by atoms with Crippen LogP contribution in [-0.2, 0) is 0 Å². The van der Waals surface area contributed by atoms with E-state index in [0.717, 1.165) is 67.3 Å². The highest BCUT2D eigenvalue weighted by atomic mass is 16.5. The molecule has 0 amide bonds. The van der Waals surface area contributed by atoms with Crippen molar-refractivity contribution in [3.8, 4) is 11.5 Å². The van der Waals surface area contributed by atoms with Crippen molar-refractivity contribution in [2.24, 2.45) is 0 Å². The van der Waals surface area contributed by atoms with E-state index in [1.807, 2.05) is 0 Å². The van der Waals surface area contributed by atoms with Crippen LogP contribution in [0.2, 0.25) is 0 Å². The number of ether oxygens (including phenoxy) is 1. The minimum absolute atomic E-state index is 0.00391. The molecule has 2 aliphatic heterocycles. The number of furan rings is 1. The smallest absolute Gasteiger partial charge is 0.256 e. The summed E-state index contributed by atoms with van der Waals surface area (Å²) in [6, 6.07) is 62.3. The lowest BCUT2D eigenvalue weighted by molar-refractivity contribution is 0.488. The third kappa shape index (κ3) is 4.22. The molecule has 0 aliphatic carbocycles. The molecule has 0 unspecified atom stereocenters. The number of hydrogen-bond donors (Lipinski definition) is 0. The Labute approximate surface area is 295 Å². The Morgan fingerprint density at radius 3 is 2.10 bits per heavy atom. The average molecular weight is 653 g/mol. The van der Waals surface area contributed by atoms with Gasteiger partial charge < -0.3 is 19.0 Å². The highest BCUT2D eigenvalue weighted by Gasteiger charge is 2.42. The van der Waals surface area contributed by atoms with Gasteiger partial charge in [-0.15, -0.1) is 0 Å². The van der Waals surface area contributed by atoms with Gasteiger partial charge in [-0.05, 0) is 94.6 Å².